The molecule has 0 aliphatic heterocycles. The van der Waals surface area contributed by atoms with Crippen molar-refractivity contribution in [1.82, 2.24) is 0 Å². The van der Waals surface area contributed by atoms with Gasteiger partial charge in [0.25, 0.3) is 0 Å². The van der Waals surface area contributed by atoms with Crippen LogP contribution in [-0.4, -0.2) is 5.11 Å². The summed E-state index contributed by atoms with van der Waals surface area (Å²) in [5.74, 6) is 0.470. The fraction of sp³-hybridized carbons (Fsp3) is 0.333. The van der Waals surface area contributed by atoms with Crippen molar-refractivity contribution in [3.8, 4) is 18.1 Å². The lowest BCUT2D eigenvalue weighted by atomic mass is 9.96. The summed E-state index contributed by atoms with van der Waals surface area (Å²) in [6.45, 7) is 9.83. The van der Waals surface area contributed by atoms with Crippen molar-refractivity contribution in [3.05, 3.63) is 41.0 Å². The van der Waals surface area contributed by atoms with Crippen LogP contribution in [0.15, 0.2) is 18.2 Å². The lowest BCUT2D eigenvalue weighted by Crippen LogP contribution is -1.94. The molecule has 0 aliphatic rings. The van der Waals surface area contributed by atoms with Gasteiger partial charge < -0.3 is 5.11 Å². The number of phenols is 1. The van der Waals surface area contributed by atoms with Gasteiger partial charge in [-0.3, -0.25) is 0 Å². The van der Waals surface area contributed by atoms with Gasteiger partial charge in [-0.15, -0.1) is 6.42 Å². The summed E-state index contributed by atoms with van der Waals surface area (Å²) in [6.07, 6.45) is 5.78. The average Bonchev–Trinajstić information content (AvgIpc) is 2.54. The van der Waals surface area contributed by atoms with Gasteiger partial charge in [0.15, 0.2) is 11.6 Å². The Morgan fingerprint density at radius 2 is 1.71 bits per heavy atom. The van der Waals surface area contributed by atoms with Gasteiger partial charge >= 0.3 is 0 Å². The highest BCUT2D eigenvalue weighted by Gasteiger charge is 2.15. The zero-order valence-corrected chi connectivity index (χ0v) is 13.2. The van der Waals surface area contributed by atoms with Crippen LogP contribution in [0.4, 0.5) is 8.78 Å². The highest BCUT2D eigenvalue weighted by molar-refractivity contribution is 5.93. The Morgan fingerprint density at radius 3 is 2.19 bits per heavy atom. The standard InChI is InChI=1S/C14H10F2O.2C2H6/c1-3-8-7-12(17)14(16)10-5-6-11(15)9(4-2)13(8)10;2*1-2/h2,5-7,17H,3H2,1H3;2*1-2H3. The molecule has 1 N–H and O–H groups in total. The number of fused-ring (bicyclic) bond motifs is 1. The predicted octanol–water partition coefficient (Wildman–Crippen LogP) is 5.42. The first-order valence-electron chi connectivity index (χ1n) is 7.19. The van der Waals surface area contributed by atoms with Gasteiger partial charge in [0.2, 0.25) is 0 Å². The van der Waals surface area contributed by atoms with Crippen LogP contribution in [0.2, 0.25) is 0 Å². The second-order valence-electron chi connectivity index (χ2n) is 3.71. The zero-order chi connectivity index (χ0) is 16.6. The summed E-state index contributed by atoms with van der Waals surface area (Å²) >= 11 is 0. The fourth-order valence-corrected chi connectivity index (χ4v) is 1.95. The number of hydrogen-bond donors (Lipinski definition) is 1. The molecule has 0 saturated carbocycles. The predicted molar refractivity (Wildman–Crippen MR) is 85.5 cm³/mol. The van der Waals surface area contributed by atoms with Crippen molar-refractivity contribution in [2.45, 2.75) is 41.0 Å². The fourth-order valence-electron chi connectivity index (χ4n) is 1.95. The molecule has 0 aliphatic carbocycles. The zero-order valence-electron chi connectivity index (χ0n) is 13.2. The van der Waals surface area contributed by atoms with E-state index in [1.165, 1.54) is 12.1 Å². The first kappa shape index (κ1) is 18.9. The molecule has 2 aromatic carbocycles. The van der Waals surface area contributed by atoms with E-state index in [4.69, 9.17) is 6.42 Å². The van der Waals surface area contributed by atoms with Crippen LogP contribution in [0.5, 0.6) is 5.75 Å². The maximum Gasteiger partial charge on any atom is 0.172 e. The number of phenolic OH excluding ortho intramolecular Hbond substituents is 1. The molecule has 0 heterocycles. The molecule has 21 heavy (non-hydrogen) atoms. The Balaban J connectivity index is 0.000000921. The maximum atomic E-state index is 13.7. The minimum absolute atomic E-state index is 0.0400. The van der Waals surface area contributed by atoms with Gasteiger partial charge in [-0.25, -0.2) is 8.78 Å². The normalized spacial score (nSPS) is 9.05. The molecule has 0 bridgehead atoms. The van der Waals surface area contributed by atoms with E-state index in [0.717, 1.165) is 6.07 Å². The Hall–Kier alpha value is -2.08. The van der Waals surface area contributed by atoms with Crippen molar-refractivity contribution in [2.24, 2.45) is 0 Å². The second kappa shape index (κ2) is 8.97. The summed E-state index contributed by atoms with van der Waals surface area (Å²) in [5, 5.41) is 9.96. The number of terminal acetylenes is 1. The van der Waals surface area contributed by atoms with E-state index in [-0.39, 0.29) is 10.9 Å². The molecule has 2 rings (SSSR count). The largest absolute Gasteiger partial charge is 0.505 e. The highest BCUT2D eigenvalue weighted by atomic mass is 19.1. The number of benzene rings is 2. The molecule has 0 unspecified atom stereocenters. The van der Waals surface area contributed by atoms with E-state index in [9.17, 15) is 13.9 Å². The van der Waals surface area contributed by atoms with Crippen LogP contribution in [-0.2, 0) is 6.42 Å². The quantitative estimate of drug-likeness (QED) is 0.696. The average molecular weight is 292 g/mol. The molecule has 0 amide bonds. The number of aryl methyl sites for hydroxylation is 1. The van der Waals surface area contributed by atoms with Gasteiger partial charge in [-0.1, -0.05) is 40.5 Å². The molecule has 0 aromatic heterocycles. The van der Waals surface area contributed by atoms with Crippen LogP contribution in [0.3, 0.4) is 0 Å². The molecule has 0 saturated heterocycles. The first-order valence-corrected chi connectivity index (χ1v) is 7.19. The van der Waals surface area contributed by atoms with Crippen LogP contribution in [0.25, 0.3) is 10.8 Å². The Morgan fingerprint density at radius 1 is 1.14 bits per heavy atom. The van der Waals surface area contributed by atoms with Crippen molar-refractivity contribution < 1.29 is 13.9 Å². The first-order chi connectivity index (χ1) is 10.1. The highest BCUT2D eigenvalue weighted by Crippen LogP contribution is 2.32. The second-order valence-corrected chi connectivity index (χ2v) is 3.71. The molecule has 0 atom stereocenters. The van der Waals surface area contributed by atoms with Crippen LogP contribution in [0.1, 0.15) is 45.7 Å². The molecule has 1 nitrogen and oxygen atoms in total. The van der Waals surface area contributed by atoms with E-state index in [1.807, 2.05) is 34.6 Å². The summed E-state index contributed by atoms with van der Waals surface area (Å²) in [4.78, 5) is 0. The minimum atomic E-state index is -0.770. The topological polar surface area (TPSA) is 20.2 Å². The van der Waals surface area contributed by atoms with Crippen molar-refractivity contribution in [3.63, 3.8) is 0 Å². The molecule has 114 valence electrons. The van der Waals surface area contributed by atoms with Crippen molar-refractivity contribution in [2.75, 3.05) is 0 Å². The Labute approximate surface area is 125 Å². The van der Waals surface area contributed by atoms with Gasteiger partial charge in [-0.2, -0.15) is 0 Å². The Kier molecular flexibility index (Phi) is 8.08. The van der Waals surface area contributed by atoms with E-state index in [2.05, 4.69) is 5.92 Å². The monoisotopic (exact) mass is 292 g/mol. The number of hydrogen-bond acceptors (Lipinski definition) is 1. The molecule has 2 aromatic rings. The lowest BCUT2D eigenvalue weighted by Gasteiger charge is -2.10. The summed E-state index contributed by atoms with van der Waals surface area (Å²) in [5.41, 5.74) is 0.671. The van der Waals surface area contributed by atoms with Gasteiger partial charge in [-0.05, 0) is 30.2 Å². The Bertz CT molecular complexity index is 640. The molecular weight excluding hydrogens is 270 g/mol. The summed E-state index contributed by atoms with van der Waals surface area (Å²) < 4.78 is 27.3. The third-order valence-corrected chi connectivity index (χ3v) is 2.77. The number of rotatable bonds is 1. The van der Waals surface area contributed by atoms with E-state index >= 15 is 0 Å². The molecule has 0 spiro atoms. The number of aromatic hydroxyl groups is 1. The smallest absolute Gasteiger partial charge is 0.172 e. The number of halogens is 2. The van der Waals surface area contributed by atoms with Crippen LogP contribution >= 0.6 is 0 Å². The maximum absolute atomic E-state index is 13.7. The molecule has 0 radical (unpaired) electrons. The van der Waals surface area contributed by atoms with E-state index in [0.29, 0.717) is 17.4 Å². The van der Waals surface area contributed by atoms with Gasteiger partial charge in [0, 0.05) is 10.8 Å². The van der Waals surface area contributed by atoms with E-state index < -0.39 is 17.4 Å². The molecule has 3 heteroatoms. The van der Waals surface area contributed by atoms with Crippen LogP contribution < -0.4 is 0 Å². The molecule has 0 fully saturated rings. The third-order valence-electron chi connectivity index (χ3n) is 2.77. The van der Waals surface area contributed by atoms with Gasteiger partial charge in [0.1, 0.15) is 5.82 Å². The van der Waals surface area contributed by atoms with E-state index in [1.54, 1.807) is 0 Å². The third kappa shape index (κ3) is 3.72. The van der Waals surface area contributed by atoms with Crippen molar-refractivity contribution >= 4 is 10.8 Å². The van der Waals surface area contributed by atoms with Crippen molar-refractivity contribution in [1.29, 1.82) is 0 Å². The summed E-state index contributed by atoms with van der Waals surface area (Å²) in [7, 11) is 0. The molecular formula is C18H22F2O. The SMILES string of the molecule is C#Cc1c(F)ccc2c(F)c(O)cc(CC)c12.CC.CC. The minimum Gasteiger partial charge on any atom is -0.505 e. The van der Waals surface area contributed by atoms with Crippen LogP contribution in [0, 0.1) is 24.0 Å². The lowest BCUT2D eigenvalue weighted by molar-refractivity contribution is 0.435. The van der Waals surface area contributed by atoms with Gasteiger partial charge in [0.05, 0.1) is 5.56 Å². The summed E-state index contributed by atoms with van der Waals surface area (Å²) in [6, 6.07) is 3.69.